The average molecular weight is 889 g/mol. The van der Waals surface area contributed by atoms with Gasteiger partial charge >= 0.3 is 0 Å². The van der Waals surface area contributed by atoms with Crippen LogP contribution in [0.3, 0.4) is 0 Å². The van der Waals surface area contributed by atoms with Crippen LogP contribution in [0.1, 0.15) is 43.2 Å². The van der Waals surface area contributed by atoms with Crippen LogP contribution in [-0.2, 0) is 5.41 Å². The van der Waals surface area contributed by atoms with E-state index in [4.69, 9.17) is 4.74 Å². The molecule has 1 heterocycles. The second-order valence-electron chi connectivity index (χ2n) is 20.2. The van der Waals surface area contributed by atoms with Gasteiger partial charge in [0.05, 0.1) is 0 Å². The molecule has 0 saturated heterocycles. The fraction of sp³-hybridized carbons (Fsp3) is 0.152. The molecule has 1 aliphatic heterocycles. The Balaban J connectivity index is 0.921. The summed E-state index contributed by atoms with van der Waals surface area (Å²) in [4.78, 5) is 4.83. The standard InChI is InChI=1S/C66H52N2O/c1-5-15-46(16-6-1)48-19-13-25-58(36-48)67(56-21-9-3-10-22-56)60-29-27-50-42-64-62(40-52(50)38-60)66(54-32-44-31-45(34-54)35-55(66)33-44)63-41-53-39-61(30-28-51(53)43-65(63)69-64)68(57-23-11-4-12-24-57)59-26-14-20-49(37-59)47-17-7-2-8-18-47/h1-30,36-45,54-55H,31-35H2. The Hall–Kier alpha value is -7.88. The van der Waals surface area contributed by atoms with Crippen LogP contribution < -0.4 is 14.5 Å². The number of benzene rings is 10. The Morgan fingerprint density at radius 3 is 1.12 bits per heavy atom. The van der Waals surface area contributed by atoms with Crippen LogP contribution in [0.5, 0.6) is 11.5 Å². The van der Waals surface area contributed by atoms with E-state index in [-0.39, 0.29) is 5.41 Å². The zero-order chi connectivity index (χ0) is 45.5. The minimum absolute atomic E-state index is 0.128. The summed E-state index contributed by atoms with van der Waals surface area (Å²) in [6, 6.07) is 84.8. The van der Waals surface area contributed by atoms with Gasteiger partial charge in [0.2, 0.25) is 0 Å². The van der Waals surface area contributed by atoms with Crippen LogP contribution in [0, 0.1) is 23.7 Å². The molecule has 10 aromatic rings. The highest BCUT2D eigenvalue weighted by atomic mass is 16.5. The van der Waals surface area contributed by atoms with Crippen molar-refractivity contribution >= 4 is 55.7 Å². The van der Waals surface area contributed by atoms with Gasteiger partial charge in [0.15, 0.2) is 0 Å². The number of ether oxygens (including phenoxy) is 1. The second-order valence-corrected chi connectivity index (χ2v) is 20.2. The zero-order valence-corrected chi connectivity index (χ0v) is 38.6. The summed E-state index contributed by atoms with van der Waals surface area (Å²) < 4.78 is 7.25. The third kappa shape index (κ3) is 6.70. The first-order valence-corrected chi connectivity index (χ1v) is 25.0. The van der Waals surface area contributed by atoms with E-state index >= 15 is 0 Å². The molecule has 15 rings (SSSR count). The molecule has 3 nitrogen and oxygen atoms in total. The highest BCUT2D eigenvalue weighted by molar-refractivity contribution is 5.95. The van der Waals surface area contributed by atoms with E-state index in [1.807, 2.05) is 0 Å². The lowest BCUT2D eigenvalue weighted by Crippen LogP contribution is -2.57. The molecule has 0 aromatic heterocycles. The van der Waals surface area contributed by atoms with Crippen molar-refractivity contribution in [1.82, 2.24) is 0 Å². The summed E-state index contributed by atoms with van der Waals surface area (Å²) in [6.07, 6.45) is 6.58. The van der Waals surface area contributed by atoms with Crippen molar-refractivity contribution < 1.29 is 4.74 Å². The quantitative estimate of drug-likeness (QED) is 0.151. The normalized spacial score (nSPS) is 19.2. The minimum atomic E-state index is -0.128. The molecule has 0 N–H and O–H groups in total. The molecule has 69 heavy (non-hydrogen) atoms. The van der Waals surface area contributed by atoms with E-state index in [1.54, 1.807) is 0 Å². The fourth-order valence-corrected chi connectivity index (χ4v) is 13.7. The monoisotopic (exact) mass is 888 g/mol. The smallest absolute Gasteiger partial charge is 0.132 e. The molecule has 332 valence electrons. The van der Waals surface area contributed by atoms with Gasteiger partial charge < -0.3 is 14.5 Å². The highest BCUT2D eigenvalue weighted by Gasteiger charge is 2.61. The Kier molecular flexibility index (Phi) is 9.40. The number of anilines is 6. The molecule has 0 atom stereocenters. The number of nitrogens with zero attached hydrogens (tertiary/aromatic N) is 2. The SMILES string of the molecule is c1ccc(-c2cccc(N(c3ccccc3)c3ccc4cc5c(cc4c3)C3(c4cc6cc(N(c7ccccc7)c7cccc(-c8ccccc8)c7)ccc6cc4O5)C4CC5CC(C4)CC3C5)c2)cc1. The Bertz CT molecular complexity index is 3300. The van der Waals surface area contributed by atoms with Gasteiger partial charge in [-0.05, 0) is 197 Å². The van der Waals surface area contributed by atoms with Crippen LogP contribution in [0.25, 0.3) is 43.8 Å². The van der Waals surface area contributed by atoms with Crippen molar-refractivity contribution in [3.05, 3.63) is 242 Å². The summed E-state index contributed by atoms with van der Waals surface area (Å²) >= 11 is 0. The molecule has 10 aromatic carbocycles. The lowest BCUT2D eigenvalue weighted by Gasteiger charge is -2.63. The van der Waals surface area contributed by atoms with Crippen molar-refractivity contribution in [2.24, 2.45) is 23.7 Å². The Labute approximate surface area is 404 Å². The third-order valence-electron chi connectivity index (χ3n) is 16.3. The molecule has 5 aliphatic rings. The van der Waals surface area contributed by atoms with Crippen molar-refractivity contribution in [1.29, 1.82) is 0 Å². The van der Waals surface area contributed by atoms with Crippen LogP contribution in [0.4, 0.5) is 34.1 Å². The van der Waals surface area contributed by atoms with Gasteiger partial charge in [0.1, 0.15) is 11.5 Å². The van der Waals surface area contributed by atoms with Gasteiger partial charge in [-0.25, -0.2) is 0 Å². The van der Waals surface area contributed by atoms with E-state index in [1.165, 1.54) is 87.0 Å². The molecule has 0 amide bonds. The number of hydrogen-bond acceptors (Lipinski definition) is 3. The molecule has 4 bridgehead atoms. The van der Waals surface area contributed by atoms with Crippen molar-refractivity contribution in [3.63, 3.8) is 0 Å². The summed E-state index contributed by atoms with van der Waals surface area (Å²) in [5, 5.41) is 4.92. The van der Waals surface area contributed by atoms with E-state index < -0.39 is 0 Å². The molecular formula is C66H52N2O. The number of para-hydroxylation sites is 2. The van der Waals surface area contributed by atoms with E-state index in [0.717, 1.165) is 57.5 Å². The number of rotatable bonds is 8. The number of hydrogen-bond donors (Lipinski definition) is 0. The van der Waals surface area contributed by atoms with Crippen molar-refractivity contribution in [2.45, 2.75) is 37.5 Å². The molecule has 4 saturated carbocycles. The van der Waals surface area contributed by atoms with Crippen LogP contribution in [0.15, 0.2) is 231 Å². The molecule has 4 fully saturated rings. The first-order chi connectivity index (χ1) is 34.1. The van der Waals surface area contributed by atoms with Crippen molar-refractivity contribution in [2.75, 3.05) is 9.80 Å². The van der Waals surface area contributed by atoms with E-state index in [2.05, 4.69) is 240 Å². The molecule has 3 heteroatoms. The van der Waals surface area contributed by atoms with Gasteiger partial charge in [-0.2, -0.15) is 0 Å². The summed E-state index contributed by atoms with van der Waals surface area (Å²) in [6.45, 7) is 0. The van der Waals surface area contributed by atoms with Gasteiger partial charge in [0, 0.05) is 50.7 Å². The fourth-order valence-electron chi connectivity index (χ4n) is 13.7. The van der Waals surface area contributed by atoms with Crippen molar-refractivity contribution in [3.8, 4) is 33.8 Å². The largest absolute Gasteiger partial charge is 0.457 e. The van der Waals surface area contributed by atoms with E-state index in [0.29, 0.717) is 11.8 Å². The second kappa shape index (κ2) is 16.1. The molecule has 1 spiro atoms. The van der Waals surface area contributed by atoms with Gasteiger partial charge in [-0.3, -0.25) is 0 Å². The van der Waals surface area contributed by atoms with Gasteiger partial charge in [-0.15, -0.1) is 0 Å². The summed E-state index contributed by atoms with van der Waals surface area (Å²) in [5.74, 6) is 4.86. The minimum Gasteiger partial charge on any atom is -0.457 e. The maximum atomic E-state index is 7.25. The van der Waals surface area contributed by atoms with Crippen LogP contribution in [0.2, 0.25) is 0 Å². The maximum absolute atomic E-state index is 7.25. The topological polar surface area (TPSA) is 15.7 Å². The highest BCUT2D eigenvalue weighted by Crippen LogP contribution is 2.69. The average Bonchev–Trinajstić information content (AvgIpc) is 3.40. The Morgan fingerprint density at radius 2 is 0.681 bits per heavy atom. The first kappa shape index (κ1) is 40.2. The predicted octanol–water partition coefficient (Wildman–Crippen LogP) is 18.1. The first-order valence-electron chi connectivity index (χ1n) is 25.0. The summed E-state index contributed by atoms with van der Waals surface area (Å²) in [7, 11) is 0. The predicted molar refractivity (Wildman–Crippen MR) is 286 cm³/mol. The van der Waals surface area contributed by atoms with Crippen LogP contribution >= 0.6 is 0 Å². The van der Waals surface area contributed by atoms with E-state index in [9.17, 15) is 0 Å². The van der Waals surface area contributed by atoms with Crippen LogP contribution in [-0.4, -0.2) is 0 Å². The number of fused-ring (bicyclic) bond motifs is 4. The van der Waals surface area contributed by atoms with Gasteiger partial charge in [-0.1, -0.05) is 133 Å². The third-order valence-corrected chi connectivity index (χ3v) is 16.3. The summed E-state index contributed by atoms with van der Waals surface area (Å²) in [5.41, 5.74) is 14.3. The molecular weight excluding hydrogens is 837 g/mol. The molecule has 4 aliphatic carbocycles. The lowest BCUT2D eigenvalue weighted by atomic mass is 9.41. The van der Waals surface area contributed by atoms with Gasteiger partial charge in [0.25, 0.3) is 0 Å². The lowest BCUT2D eigenvalue weighted by molar-refractivity contribution is -0.0451. The molecule has 0 radical (unpaired) electrons. The Morgan fingerprint density at radius 1 is 0.304 bits per heavy atom. The maximum Gasteiger partial charge on any atom is 0.132 e. The molecule has 0 unspecified atom stereocenters. The zero-order valence-electron chi connectivity index (χ0n) is 38.6.